The molecule has 108 valence electrons. The van der Waals surface area contributed by atoms with Crippen LogP contribution in [0.25, 0.3) is 0 Å². The third-order valence-electron chi connectivity index (χ3n) is 2.63. The molecule has 2 aromatic carbocycles. The smallest absolute Gasteiger partial charge is 0.337 e. The molecule has 4 nitrogen and oxygen atoms in total. The Morgan fingerprint density at radius 2 is 1.62 bits per heavy atom. The summed E-state index contributed by atoms with van der Waals surface area (Å²) in [5, 5.41) is 11.8. The molecule has 0 spiro atoms. The van der Waals surface area contributed by atoms with Crippen LogP contribution in [0.5, 0.6) is 0 Å². The quantitative estimate of drug-likeness (QED) is 0.800. The fraction of sp³-hybridized carbons (Fsp3) is 0. The Kier molecular flexibility index (Phi) is 4.88. The number of nitrogens with one attached hydrogen (secondary N) is 1. The summed E-state index contributed by atoms with van der Waals surface area (Å²) in [6.07, 6.45) is 0. The summed E-state index contributed by atoms with van der Waals surface area (Å²) in [6, 6.07) is 9.03. The second-order valence-corrected chi connectivity index (χ2v) is 5.81. The SMILES string of the molecule is O=C(O)c1ccc(NC(=O)c2ccc(Br)cc2Cl)cc1Cl. The van der Waals surface area contributed by atoms with Crippen molar-refractivity contribution >= 4 is 56.7 Å². The van der Waals surface area contributed by atoms with Crippen LogP contribution in [0, 0.1) is 0 Å². The van der Waals surface area contributed by atoms with E-state index in [1.54, 1.807) is 18.2 Å². The van der Waals surface area contributed by atoms with E-state index < -0.39 is 11.9 Å². The van der Waals surface area contributed by atoms with Gasteiger partial charge < -0.3 is 10.4 Å². The molecule has 0 heterocycles. The zero-order chi connectivity index (χ0) is 15.6. The van der Waals surface area contributed by atoms with Crippen molar-refractivity contribution in [2.75, 3.05) is 5.32 Å². The molecule has 0 atom stereocenters. The van der Waals surface area contributed by atoms with Crippen molar-refractivity contribution in [2.45, 2.75) is 0 Å². The van der Waals surface area contributed by atoms with Crippen LogP contribution < -0.4 is 5.32 Å². The molecular weight excluding hydrogens is 381 g/mol. The molecule has 0 radical (unpaired) electrons. The van der Waals surface area contributed by atoms with Gasteiger partial charge in [0, 0.05) is 10.2 Å². The maximum absolute atomic E-state index is 12.1. The van der Waals surface area contributed by atoms with Crippen LogP contribution in [0.1, 0.15) is 20.7 Å². The number of rotatable bonds is 3. The molecule has 0 aromatic heterocycles. The van der Waals surface area contributed by atoms with Gasteiger partial charge >= 0.3 is 5.97 Å². The summed E-state index contributed by atoms with van der Waals surface area (Å²) in [4.78, 5) is 23.0. The number of benzene rings is 2. The van der Waals surface area contributed by atoms with E-state index in [0.717, 1.165) is 4.47 Å². The molecule has 7 heteroatoms. The maximum atomic E-state index is 12.1. The molecule has 2 rings (SSSR count). The van der Waals surface area contributed by atoms with Crippen molar-refractivity contribution < 1.29 is 14.7 Å². The first-order chi connectivity index (χ1) is 9.88. The zero-order valence-corrected chi connectivity index (χ0v) is 13.5. The van der Waals surface area contributed by atoms with E-state index >= 15 is 0 Å². The number of hydrogen-bond acceptors (Lipinski definition) is 2. The van der Waals surface area contributed by atoms with Crippen LogP contribution in [0.4, 0.5) is 5.69 Å². The third-order valence-corrected chi connectivity index (χ3v) is 3.75. The van der Waals surface area contributed by atoms with Gasteiger partial charge in [-0.3, -0.25) is 4.79 Å². The summed E-state index contributed by atoms with van der Waals surface area (Å²) >= 11 is 15.1. The van der Waals surface area contributed by atoms with Crippen LogP contribution >= 0.6 is 39.1 Å². The predicted octanol–water partition coefficient (Wildman–Crippen LogP) is 4.71. The third kappa shape index (κ3) is 3.75. The second kappa shape index (κ2) is 6.47. The van der Waals surface area contributed by atoms with Gasteiger partial charge in [0.1, 0.15) is 0 Å². The maximum Gasteiger partial charge on any atom is 0.337 e. The minimum atomic E-state index is -1.13. The number of carbonyl (C=O) groups excluding carboxylic acids is 1. The Balaban J connectivity index is 2.23. The topological polar surface area (TPSA) is 66.4 Å². The molecule has 0 saturated heterocycles. The molecule has 0 bridgehead atoms. The molecule has 2 aromatic rings. The monoisotopic (exact) mass is 387 g/mol. The Labute approximate surface area is 138 Å². The Hall–Kier alpha value is -1.56. The van der Waals surface area contributed by atoms with E-state index in [1.165, 1.54) is 18.2 Å². The Morgan fingerprint density at radius 3 is 2.19 bits per heavy atom. The van der Waals surface area contributed by atoms with E-state index in [1.807, 2.05) is 0 Å². The van der Waals surface area contributed by atoms with Gasteiger partial charge in [0.25, 0.3) is 5.91 Å². The van der Waals surface area contributed by atoms with Crippen molar-refractivity contribution in [2.24, 2.45) is 0 Å². The van der Waals surface area contributed by atoms with Gasteiger partial charge in [0.05, 0.1) is 21.2 Å². The molecule has 2 N–H and O–H groups in total. The number of carbonyl (C=O) groups is 2. The van der Waals surface area contributed by atoms with Gasteiger partial charge in [-0.2, -0.15) is 0 Å². The molecule has 0 aliphatic carbocycles. The number of hydrogen-bond donors (Lipinski definition) is 2. The fourth-order valence-corrected chi connectivity index (χ4v) is 2.66. The highest BCUT2D eigenvalue weighted by molar-refractivity contribution is 9.10. The van der Waals surface area contributed by atoms with Crippen molar-refractivity contribution in [1.82, 2.24) is 0 Å². The molecule has 21 heavy (non-hydrogen) atoms. The van der Waals surface area contributed by atoms with Crippen LogP contribution in [0.15, 0.2) is 40.9 Å². The largest absolute Gasteiger partial charge is 0.478 e. The average Bonchev–Trinajstić information content (AvgIpc) is 2.37. The first-order valence-corrected chi connectivity index (χ1v) is 7.22. The van der Waals surface area contributed by atoms with Crippen LogP contribution in [0.2, 0.25) is 10.0 Å². The lowest BCUT2D eigenvalue weighted by Gasteiger charge is -2.08. The lowest BCUT2D eigenvalue weighted by Crippen LogP contribution is -2.12. The number of carboxylic acid groups (broad SMARTS) is 1. The Bertz CT molecular complexity index is 734. The van der Waals surface area contributed by atoms with Gasteiger partial charge in [0.15, 0.2) is 0 Å². The first kappa shape index (κ1) is 15.8. The summed E-state index contributed by atoms with van der Waals surface area (Å²) in [7, 11) is 0. The van der Waals surface area contributed by atoms with Gasteiger partial charge in [-0.1, -0.05) is 39.1 Å². The van der Waals surface area contributed by atoms with Crippen molar-refractivity contribution in [3.8, 4) is 0 Å². The summed E-state index contributed by atoms with van der Waals surface area (Å²) in [6.45, 7) is 0. The van der Waals surface area contributed by atoms with Crippen molar-refractivity contribution in [1.29, 1.82) is 0 Å². The Morgan fingerprint density at radius 1 is 1.00 bits per heavy atom. The van der Waals surface area contributed by atoms with Gasteiger partial charge in [-0.25, -0.2) is 4.79 Å². The fourth-order valence-electron chi connectivity index (χ4n) is 1.64. The minimum absolute atomic E-state index is 0.0312. The van der Waals surface area contributed by atoms with E-state index in [2.05, 4.69) is 21.2 Å². The molecule has 0 fully saturated rings. The zero-order valence-electron chi connectivity index (χ0n) is 10.4. The standard InChI is InChI=1S/C14H8BrCl2NO3/c15-7-1-3-9(11(16)5-7)13(19)18-8-2-4-10(14(20)21)12(17)6-8/h1-6H,(H,18,19)(H,20,21). The summed E-state index contributed by atoms with van der Waals surface area (Å²) < 4.78 is 0.762. The van der Waals surface area contributed by atoms with Crippen LogP contribution in [-0.2, 0) is 0 Å². The van der Waals surface area contributed by atoms with Crippen molar-refractivity contribution in [3.05, 3.63) is 62.0 Å². The van der Waals surface area contributed by atoms with Gasteiger partial charge in [0.2, 0.25) is 0 Å². The van der Waals surface area contributed by atoms with E-state index in [4.69, 9.17) is 28.3 Å². The molecule has 0 unspecified atom stereocenters. The van der Waals surface area contributed by atoms with Crippen LogP contribution in [-0.4, -0.2) is 17.0 Å². The summed E-state index contributed by atoms with van der Waals surface area (Å²) in [5.41, 5.74) is 0.656. The van der Waals surface area contributed by atoms with E-state index in [0.29, 0.717) is 16.3 Å². The molecule has 0 aliphatic rings. The second-order valence-electron chi connectivity index (χ2n) is 4.08. The number of carboxylic acids is 1. The molecule has 0 aliphatic heterocycles. The normalized spacial score (nSPS) is 10.2. The van der Waals surface area contributed by atoms with Gasteiger partial charge in [-0.05, 0) is 36.4 Å². The lowest BCUT2D eigenvalue weighted by atomic mass is 10.2. The van der Waals surface area contributed by atoms with Gasteiger partial charge in [-0.15, -0.1) is 0 Å². The molecular formula is C14H8BrCl2NO3. The van der Waals surface area contributed by atoms with Crippen LogP contribution in [0.3, 0.4) is 0 Å². The number of halogens is 3. The lowest BCUT2D eigenvalue weighted by molar-refractivity contribution is 0.0697. The highest BCUT2D eigenvalue weighted by Gasteiger charge is 2.13. The number of amides is 1. The summed E-state index contributed by atoms with van der Waals surface area (Å²) in [5.74, 6) is -1.54. The average molecular weight is 389 g/mol. The minimum Gasteiger partial charge on any atom is -0.478 e. The molecule has 1 amide bonds. The highest BCUT2D eigenvalue weighted by atomic mass is 79.9. The first-order valence-electron chi connectivity index (χ1n) is 5.67. The highest BCUT2D eigenvalue weighted by Crippen LogP contribution is 2.24. The van der Waals surface area contributed by atoms with E-state index in [9.17, 15) is 9.59 Å². The number of anilines is 1. The predicted molar refractivity (Wildman–Crippen MR) is 85.5 cm³/mol. The van der Waals surface area contributed by atoms with Crippen molar-refractivity contribution in [3.63, 3.8) is 0 Å². The molecule has 0 saturated carbocycles. The number of aromatic carboxylic acids is 1. The van der Waals surface area contributed by atoms with E-state index in [-0.39, 0.29) is 10.6 Å².